The molecule has 2 aromatic carbocycles. The molecule has 1 aliphatic heterocycles. The average molecular weight is 306 g/mol. The van der Waals surface area contributed by atoms with Crippen molar-refractivity contribution >= 4 is 5.71 Å². The monoisotopic (exact) mass is 306 g/mol. The molecular formula is C21H26N2. The number of piperidine rings is 1. The van der Waals surface area contributed by atoms with E-state index in [1.807, 2.05) is 0 Å². The quantitative estimate of drug-likeness (QED) is 0.699. The highest BCUT2D eigenvalue weighted by atomic mass is 15.5. The van der Waals surface area contributed by atoms with Crippen LogP contribution in [0.15, 0.2) is 59.7 Å². The minimum absolute atomic E-state index is 0.539. The molecule has 2 atom stereocenters. The Morgan fingerprint density at radius 1 is 0.870 bits per heavy atom. The lowest BCUT2D eigenvalue weighted by molar-refractivity contribution is 0.108. The van der Waals surface area contributed by atoms with Crippen LogP contribution in [0.2, 0.25) is 0 Å². The average Bonchev–Trinajstić information content (AvgIpc) is 2.59. The first-order chi connectivity index (χ1) is 11.1. The number of hydrogen-bond acceptors (Lipinski definition) is 2. The van der Waals surface area contributed by atoms with E-state index in [1.54, 1.807) is 0 Å². The first kappa shape index (κ1) is 15.8. The van der Waals surface area contributed by atoms with Crippen LogP contribution in [0, 0.1) is 0 Å². The molecule has 2 heteroatoms. The van der Waals surface area contributed by atoms with E-state index in [2.05, 4.69) is 80.4 Å². The molecule has 2 aromatic rings. The van der Waals surface area contributed by atoms with Crippen LogP contribution in [-0.4, -0.2) is 22.8 Å². The third kappa shape index (κ3) is 3.64. The van der Waals surface area contributed by atoms with Crippen LogP contribution >= 0.6 is 0 Å². The fourth-order valence-corrected chi connectivity index (χ4v) is 3.37. The van der Waals surface area contributed by atoms with Crippen molar-refractivity contribution in [3.63, 3.8) is 0 Å². The molecule has 0 spiro atoms. The SMILES string of the molecule is CC(=NN1C(C)CCCC1C)c1ccc(-c2ccccc2)cc1. The molecule has 0 aliphatic carbocycles. The van der Waals surface area contributed by atoms with E-state index in [4.69, 9.17) is 5.10 Å². The summed E-state index contributed by atoms with van der Waals surface area (Å²) in [6.45, 7) is 6.68. The number of benzene rings is 2. The number of nitrogens with zero attached hydrogens (tertiary/aromatic N) is 2. The van der Waals surface area contributed by atoms with Gasteiger partial charge < -0.3 is 0 Å². The van der Waals surface area contributed by atoms with Gasteiger partial charge in [0, 0.05) is 12.1 Å². The van der Waals surface area contributed by atoms with Crippen LogP contribution in [-0.2, 0) is 0 Å². The van der Waals surface area contributed by atoms with E-state index in [0.29, 0.717) is 12.1 Å². The Morgan fingerprint density at radius 3 is 2.04 bits per heavy atom. The van der Waals surface area contributed by atoms with Crippen LogP contribution < -0.4 is 0 Å². The van der Waals surface area contributed by atoms with Crippen LogP contribution in [0.3, 0.4) is 0 Å². The lowest BCUT2D eigenvalue weighted by atomic mass is 10.00. The van der Waals surface area contributed by atoms with Crippen molar-refractivity contribution in [3.8, 4) is 11.1 Å². The molecule has 0 radical (unpaired) electrons. The summed E-state index contributed by atoms with van der Waals surface area (Å²) in [5.74, 6) is 0. The fraction of sp³-hybridized carbons (Fsp3) is 0.381. The maximum absolute atomic E-state index is 4.92. The minimum Gasteiger partial charge on any atom is -0.291 e. The first-order valence-corrected chi connectivity index (χ1v) is 8.64. The van der Waals surface area contributed by atoms with Gasteiger partial charge in [-0.2, -0.15) is 5.10 Å². The summed E-state index contributed by atoms with van der Waals surface area (Å²) in [6.07, 6.45) is 3.81. The molecule has 0 aromatic heterocycles. The van der Waals surface area contributed by atoms with Crippen molar-refractivity contribution in [2.75, 3.05) is 0 Å². The molecule has 1 fully saturated rings. The van der Waals surface area contributed by atoms with Crippen molar-refractivity contribution in [2.45, 2.75) is 52.1 Å². The molecule has 1 heterocycles. The van der Waals surface area contributed by atoms with Crippen LogP contribution in [0.25, 0.3) is 11.1 Å². The predicted octanol–water partition coefficient (Wildman–Crippen LogP) is 5.34. The van der Waals surface area contributed by atoms with Gasteiger partial charge in [-0.15, -0.1) is 0 Å². The van der Waals surface area contributed by atoms with E-state index in [-0.39, 0.29) is 0 Å². The standard InChI is InChI=1S/C21H26N2/c1-16-8-7-9-17(2)23(16)22-18(3)19-12-14-21(15-13-19)20-10-5-4-6-11-20/h4-6,10-17H,7-9H2,1-3H3. The Balaban J connectivity index is 1.80. The van der Waals surface area contributed by atoms with E-state index in [0.717, 1.165) is 5.71 Å². The summed E-state index contributed by atoms with van der Waals surface area (Å²) in [5, 5.41) is 7.22. The molecule has 2 unspecified atom stereocenters. The molecule has 2 nitrogen and oxygen atoms in total. The van der Waals surface area contributed by atoms with Gasteiger partial charge in [-0.05, 0) is 56.7 Å². The Bertz CT molecular complexity index is 648. The zero-order chi connectivity index (χ0) is 16.2. The topological polar surface area (TPSA) is 15.6 Å². The zero-order valence-electron chi connectivity index (χ0n) is 14.4. The third-order valence-electron chi connectivity index (χ3n) is 4.82. The van der Waals surface area contributed by atoms with Gasteiger partial charge in [0.25, 0.3) is 0 Å². The highest BCUT2D eigenvalue weighted by molar-refractivity contribution is 5.98. The maximum Gasteiger partial charge on any atom is 0.0646 e. The van der Waals surface area contributed by atoms with Crippen molar-refractivity contribution in [2.24, 2.45) is 5.10 Å². The van der Waals surface area contributed by atoms with Crippen molar-refractivity contribution in [1.82, 2.24) is 5.01 Å². The molecule has 0 amide bonds. The summed E-state index contributed by atoms with van der Waals surface area (Å²) in [4.78, 5) is 0. The molecule has 0 saturated carbocycles. The molecule has 120 valence electrons. The van der Waals surface area contributed by atoms with Gasteiger partial charge in [-0.1, -0.05) is 54.6 Å². The van der Waals surface area contributed by atoms with Crippen molar-refractivity contribution in [3.05, 3.63) is 60.2 Å². The molecule has 1 aliphatic rings. The van der Waals surface area contributed by atoms with Gasteiger partial charge in [0.2, 0.25) is 0 Å². The second-order valence-corrected chi connectivity index (χ2v) is 6.64. The molecule has 23 heavy (non-hydrogen) atoms. The predicted molar refractivity (Wildman–Crippen MR) is 98.7 cm³/mol. The molecular weight excluding hydrogens is 280 g/mol. The van der Waals surface area contributed by atoms with Gasteiger partial charge in [-0.25, -0.2) is 0 Å². The summed E-state index contributed by atoms with van der Waals surface area (Å²) < 4.78 is 0. The second-order valence-electron chi connectivity index (χ2n) is 6.64. The number of hydrazone groups is 1. The Hall–Kier alpha value is -2.09. The van der Waals surface area contributed by atoms with E-state index < -0.39 is 0 Å². The van der Waals surface area contributed by atoms with Crippen LogP contribution in [0.4, 0.5) is 0 Å². The molecule has 0 bridgehead atoms. The number of hydrogen-bond donors (Lipinski definition) is 0. The molecule has 0 N–H and O–H groups in total. The van der Waals surface area contributed by atoms with Crippen molar-refractivity contribution in [1.29, 1.82) is 0 Å². The summed E-state index contributed by atoms with van der Waals surface area (Å²) in [5.41, 5.74) is 4.81. The Morgan fingerprint density at radius 2 is 1.43 bits per heavy atom. The zero-order valence-corrected chi connectivity index (χ0v) is 14.4. The molecule has 1 saturated heterocycles. The first-order valence-electron chi connectivity index (χ1n) is 8.64. The summed E-state index contributed by atoms with van der Waals surface area (Å²) >= 11 is 0. The van der Waals surface area contributed by atoms with Gasteiger partial charge >= 0.3 is 0 Å². The number of rotatable bonds is 3. The molecule has 3 rings (SSSR count). The van der Waals surface area contributed by atoms with Gasteiger partial charge in [-0.3, -0.25) is 5.01 Å². The van der Waals surface area contributed by atoms with E-state index in [1.165, 1.54) is 36.0 Å². The Labute approximate surface area is 139 Å². The highest BCUT2D eigenvalue weighted by Crippen LogP contribution is 2.24. The smallest absolute Gasteiger partial charge is 0.0646 e. The third-order valence-corrected chi connectivity index (χ3v) is 4.82. The lowest BCUT2D eigenvalue weighted by Gasteiger charge is -2.37. The Kier molecular flexibility index (Phi) is 4.80. The largest absolute Gasteiger partial charge is 0.291 e. The minimum atomic E-state index is 0.539. The van der Waals surface area contributed by atoms with Gasteiger partial charge in [0.1, 0.15) is 0 Å². The van der Waals surface area contributed by atoms with Crippen LogP contribution in [0.5, 0.6) is 0 Å². The van der Waals surface area contributed by atoms with Gasteiger partial charge in [0.05, 0.1) is 5.71 Å². The summed E-state index contributed by atoms with van der Waals surface area (Å²) in [6, 6.07) is 20.3. The maximum atomic E-state index is 4.92. The van der Waals surface area contributed by atoms with E-state index >= 15 is 0 Å². The normalized spacial score (nSPS) is 22.2. The highest BCUT2D eigenvalue weighted by Gasteiger charge is 2.23. The second kappa shape index (κ2) is 6.99. The summed E-state index contributed by atoms with van der Waals surface area (Å²) in [7, 11) is 0. The van der Waals surface area contributed by atoms with Crippen LogP contribution in [0.1, 0.15) is 45.6 Å². The lowest BCUT2D eigenvalue weighted by Crippen LogP contribution is -2.40. The van der Waals surface area contributed by atoms with E-state index in [9.17, 15) is 0 Å². The van der Waals surface area contributed by atoms with Gasteiger partial charge in [0.15, 0.2) is 0 Å². The fourth-order valence-electron chi connectivity index (χ4n) is 3.37. The van der Waals surface area contributed by atoms with Crippen molar-refractivity contribution < 1.29 is 0 Å².